The summed E-state index contributed by atoms with van der Waals surface area (Å²) in [6.45, 7) is 3.79. The maximum Gasteiger partial charge on any atom is 0.292 e. The van der Waals surface area contributed by atoms with E-state index in [2.05, 4.69) is 0 Å². The first-order valence-electron chi connectivity index (χ1n) is 8.26. The molecule has 2 amide bonds. The van der Waals surface area contributed by atoms with Crippen LogP contribution >= 0.6 is 0 Å². The molecule has 0 spiro atoms. The van der Waals surface area contributed by atoms with Crippen LogP contribution in [0.4, 0.5) is 11.4 Å². The lowest BCUT2D eigenvalue weighted by atomic mass is 10.1. The zero-order valence-electron chi connectivity index (χ0n) is 13.5. The topological polar surface area (TPSA) is 49.9 Å². The molecule has 2 aliphatic heterocycles. The summed E-state index contributed by atoms with van der Waals surface area (Å²) in [5.74, 6) is 0.508. The van der Waals surface area contributed by atoms with Crippen molar-refractivity contribution in [1.82, 2.24) is 0 Å². The average Bonchev–Trinajstić information content (AvgIpc) is 2.58. The molecule has 122 valence electrons. The van der Waals surface area contributed by atoms with Crippen LogP contribution in [0.15, 0.2) is 36.1 Å². The highest BCUT2D eigenvalue weighted by molar-refractivity contribution is 6.05. The van der Waals surface area contributed by atoms with Crippen molar-refractivity contribution in [3.63, 3.8) is 0 Å². The summed E-state index contributed by atoms with van der Waals surface area (Å²) in [7, 11) is 0. The van der Waals surface area contributed by atoms with Crippen LogP contribution < -0.4 is 9.80 Å². The van der Waals surface area contributed by atoms with Gasteiger partial charge in [0, 0.05) is 30.9 Å². The van der Waals surface area contributed by atoms with Gasteiger partial charge in [-0.3, -0.25) is 9.59 Å². The summed E-state index contributed by atoms with van der Waals surface area (Å²) in [6, 6.07) is 7.66. The van der Waals surface area contributed by atoms with Crippen LogP contribution in [0.1, 0.15) is 32.6 Å². The minimum atomic E-state index is -0.0973. The number of carbonyl (C=O) groups excluding carboxylic acids is 2. The highest BCUT2D eigenvalue weighted by Gasteiger charge is 2.25. The Hall–Kier alpha value is -2.30. The van der Waals surface area contributed by atoms with Crippen LogP contribution in [0.25, 0.3) is 0 Å². The van der Waals surface area contributed by atoms with Crippen molar-refractivity contribution in [3.05, 3.63) is 36.1 Å². The molecule has 2 heterocycles. The zero-order chi connectivity index (χ0) is 16.2. The summed E-state index contributed by atoms with van der Waals surface area (Å²) >= 11 is 0. The summed E-state index contributed by atoms with van der Waals surface area (Å²) in [5.41, 5.74) is 1.75. The number of nitrogens with zero attached hydrogens (tertiary/aromatic N) is 2. The first-order chi connectivity index (χ1) is 11.2. The number of rotatable bonds is 4. The number of ether oxygens (including phenoxy) is 1. The van der Waals surface area contributed by atoms with Crippen molar-refractivity contribution in [2.24, 2.45) is 0 Å². The fourth-order valence-electron chi connectivity index (χ4n) is 3.06. The summed E-state index contributed by atoms with van der Waals surface area (Å²) in [6.07, 6.45) is 5.27. The highest BCUT2D eigenvalue weighted by atomic mass is 16.5. The van der Waals surface area contributed by atoms with Gasteiger partial charge in [0.1, 0.15) is 0 Å². The van der Waals surface area contributed by atoms with Gasteiger partial charge >= 0.3 is 0 Å². The molecule has 0 aliphatic carbocycles. The average molecular weight is 314 g/mol. The molecule has 0 saturated carbocycles. The molecule has 0 aromatic heterocycles. The first kappa shape index (κ1) is 15.6. The predicted octanol–water partition coefficient (Wildman–Crippen LogP) is 2.86. The third kappa shape index (κ3) is 3.23. The highest BCUT2D eigenvalue weighted by Crippen LogP contribution is 2.26. The van der Waals surface area contributed by atoms with E-state index in [4.69, 9.17) is 4.74 Å². The minimum absolute atomic E-state index is 0.0973. The normalized spacial score (nSPS) is 18.9. The monoisotopic (exact) mass is 314 g/mol. The van der Waals surface area contributed by atoms with Gasteiger partial charge in [-0.2, -0.15) is 0 Å². The molecule has 0 bridgehead atoms. The molecule has 3 rings (SSSR count). The minimum Gasteiger partial charge on any atom is -0.488 e. The molecule has 1 aromatic rings. The Labute approximate surface area is 136 Å². The molecule has 0 N–H and O–H groups in total. The Morgan fingerprint density at radius 2 is 1.70 bits per heavy atom. The van der Waals surface area contributed by atoms with Crippen molar-refractivity contribution in [2.75, 3.05) is 29.5 Å². The van der Waals surface area contributed by atoms with Crippen LogP contribution in [-0.2, 0) is 14.3 Å². The molecule has 1 aromatic carbocycles. The molecule has 0 unspecified atom stereocenters. The van der Waals surface area contributed by atoms with Gasteiger partial charge in [0.25, 0.3) is 5.91 Å². The first-order valence-corrected chi connectivity index (χ1v) is 8.26. The third-order valence-corrected chi connectivity index (χ3v) is 4.23. The fourth-order valence-corrected chi connectivity index (χ4v) is 3.06. The molecule has 5 heteroatoms. The molecule has 2 aliphatic rings. The number of carbonyl (C=O) groups is 2. The van der Waals surface area contributed by atoms with Gasteiger partial charge in [0.05, 0.1) is 6.61 Å². The maximum atomic E-state index is 12.4. The van der Waals surface area contributed by atoms with Gasteiger partial charge in [-0.15, -0.1) is 0 Å². The van der Waals surface area contributed by atoms with E-state index in [0.717, 1.165) is 37.2 Å². The van der Waals surface area contributed by atoms with Crippen molar-refractivity contribution < 1.29 is 14.3 Å². The number of piperidine rings is 1. The zero-order valence-corrected chi connectivity index (χ0v) is 13.5. The second-order valence-electron chi connectivity index (χ2n) is 5.77. The molecular weight excluding hydrogens is 292 g/mol. The number of hydrogen-bond acceptors (Lipinski definition) is 3. The lowest BCUT2D eigenvalue weighted by Gasteiger charge is -2.29. The number of amides is 2. The van der Waals surface area contributed by atoms with Crippen LogP contribution in [0.5, 0.6) is 0 Å². The Bertz CT molecular complexity index is 622. The summed E-state index contributed by atoms with van der Waals surface area (Å²) in [5, 5.41) is 0. The third-order valence-electron chi connectivity index (χ3n) is 4.23. The standard InChI is InChI=1S/C18H22N2O3/c1-2-23-16-6-5-13-20(18(16)22)15-10-8-14(9-11-15)19-12-4-3-7-17(19)21/h6,8-11H,2-5,7,12-13H2,1H3. The smallest absolute Gasteiger partial charge is 0.292 e. The van der Waals surface area contributed by atoms with Gasteiger partial charge in [-0.25, -0.2) is 0 Å². The molecular formula is C18H22N2O3. The van der Waals surface area contributed by atoms with E-state index >= 15 is 0 Å². The van der Waals surface area contributed by atoms with Gasteiger partial charge in [0.15, 0.2) is 5.76 Å². The quantitative estimate of drug-likeness (QED) is 0.858. The molecule has 0 radical (unpaired) electrons. The molecule has 23 heavy (non-hydrogen) atoms. The van der Waals surface area contributed by atoms with Crippen LogP contribution in [0.2, 0.25) is 0 Å². The van der Waals surface area contributed by atoms with E-state index < -0.39 is 0 Å². The summed E-state index contributed by atoms with van der Waals surface area (Å²) < 4.78 is 5.40. The largest absolute Gasteiger partial charge is 0.488 e. The summed E-state index contributed by atoms with van der Waals surface area (Å²) in [4.78, 5) is 28.0. The van der Waals surface area contributed by atoms with Crippen molar-refractivity contribution in [3.8, 4) is 0 Å². The van der Waals surface area contributed by atoms with Gasteiger partial charge in [0.2, 0.25) is 5.91 Å². The van der Waals surface area contributed by atoms with Crippen molar-refractivity contribution in [2.45, 2.75) is 32.6 Å². The number of hydrogen-bond donors (Lipinski definition) is 0. The van der Waals surface area contributed by atoms with Crippen LogP contribution in [-0.4, -0.2) is 31.5 Å². The molecule has 1 saturated heterocycles. The fraction of sp³-hybridized carbons (Fsp3) is 0.444. The number of anilines is 2. The lowest BCUT2D eigenvalue weighted by molar-refractivity contribution is -0.120. The predicted molar refractivity (Wildman–Crippen MR) is 89.3 cm³/mol. The molecule has 0 atom stereocenters. The number of benzene rings is 1. The van der Waals surface area contributed by atoms with Gasteiger partial charge in [-0.1, -0.05) is 0 Å². The van der Waals surface area contributed by atoms with E-state index in [0.29, 0.717) is 25.3 Å². The second kappa shape index (κ2) is 6.86. The van der Waals surface area contributed by atoms with E-state index in [1.807, 2.05) is 42.2 Å². The Balaban J connectivity index is 1.76. The van der Waals surface area contributed by atoms with E-state index in [-0.39, 0.29) is 11.8 Å². The van der Waals surface area contributed by atoms with Gasteiger partial charge < -0.3 is 14.5 Å². The Morgan fingerprint density at radius 3 is 2.35 bits per heavy atom. The SMILES string of the molecule is CCOC1=CCCN(c2ccc(N3CCCCC3=O)cc2)C1=O. The van der Waals surface area contributed by atoms with Gasteiger partial charge in [-0.05, 0) is 56.5 Å². The maximum absolute atomic E-state index is 12.4. The Kier molecular flexibility index (Phi) is 4.65. The molecule has 5 nitrogen and oxygen atoms in total. The van der Waals surface area contributed by atoms with E-state index in [9.17, 15) is 9.59 Å². The van der Waals surface area contributed by atoms with Crippen LogP contribution in [0.3, 0.4) is 0 Å². The Morgan fingerprint density at radius 1 is 1.00 bits per heavy atom. The second-order valence-corrected chi connectivity index (χ2v) is 5.77. The van der Waals surface area contributed by atoms with Crippen molar-refractivity contribution in [1.29, 1.82) is 0 Å². The van der Waals surface area contributed by atoms with Crippen molar-refractivity contribution >= 4 is 23.2 Å². The van der Waals surface area contributed by atoms with E-state index in [1.54, 1.807) is 4.90 Å². The van der Waals surface area contributed by atoms with Crippen LogP contribution in [0, 0.1) is 0 Å². The van der Waals surface area contributed by atoms with E-state index in [1.165, 1.54) is 0 Å². The lowest BCUT2D eigenvalue weighted by Crippen LogP contribution is -2.37. The molecule has 1 fully saturated rings.